The fourth-order valence-electron chi connectivity index (χ4n) is 6.50. The zero-order valence-corrected chi connectivity index (χ0v) is 18.9. The zero-order chi connectivity index (χ0) is 23.4. The summed E-state index contributed by atoms with van der Waals surface area (Å²) in [7, 11) is -4.14. The fourth-order valence-corrected chi connectivity index (χ4v) is 7.31. The number of alkyl halides is 1. The molecular weight excluding hydrogens is 458 g/mol. The summed E-state index contributed by atoms with van der Waals surface area (Å²) in [5.74, 6) is 0.329. The summed E-state index contributed by atoms with van der Waals surface area (Å²) in [6.45, 7) is 0.0518. The van der Waals surface area contributed by atoms with Crippen molar-refractivity contribution in [2.45, 2.75) is 74.6 Å². The van der Waals surface area contributed by atoms with Crippen molar-refractivity contribution in [2.75, 3.05) is 12.6 Å². The highest BCUT2D eigenvalue weighted by Gasteiger charge is 2.60. The molecule has 5 rings (SSSR count). The molecule has 182 valence electrons. The number of fused-ring (bicyclic) bond motifs is 2. The second-order valence-electron chi connectivity index (χ2n) is 9.80. The number of halogens is 2. The van der Waals surface area contributed by atoms with Crippen LogP contribution < -0.4 is 4.72 Å². The van der Waals surface area contributed by atoms with Gasteiger partial charge in [-0.2, -0.15) is 0 Å². The third-order valence-corrected chi connectivity index (χ3v) is 8.98. The van der Waals surface area contributed by atoms with Crippen LogP contribution in [0, 0.1) is 17.7 Å². The van der Waals surface area contributed by atoms with Gasteiger partial charge in [0.15, 0.2) is 5.82 Å². The molecule has 1 aromatic rings. The summed E-state index contributed by atoms with van der Waals surface area (Å²) in [4.78, 5) is 21.7. The van der Waals surface area contributed by atoms with Crippen LogP contribution in [0.15, 0.2) is 12.4 Å². The number of likely N-dealkylation sites (tertiary alicyclic amines) is 1. The first-order valence-corrected chi connectivity index (χ1v) is 13.1. The third-order valence-electron chi connectivity index (χ3n) is 8.06. The van der Waals surface area contributed by atoms with Gasteiger partial charge in [-0.25, -0.2) is 36.7 Å². The number of ether oxygens (including phenoxy) is 1. The molecule has 0 aromatic carbocycles. The van der Waals surface area contributed by atoms with Crippen molar-refractivity contribution in [2.24, 2.45) is 11.8 Å². The molecule has 0 bridgehead atoms. The van der Waals surface area contributed by atoms with Gasteiger partial charge in [-0.1, -0.05) is 6.42 Å². The van der Waals surface area contributed by atoms with Gasteiger partial charge in [-0.3, -0.25) is 4.90 Å². The van der Waals surface area contributed by atoms with E-state index < -0.39 is 40.0 Å². The molecule has 4 fully saturated rings. The molecular formula is C21H28F2N4O5S. The number of carbonyl (C=O) groups is 1. The van der Waals surface area contributed by atoms with Gasteiger partial charge in [0.05, 0.1) is 31.1 Å². The number of carboxylic acid groups (broad SMARTS) is 1. The second kappa shape index (κ2) is 8.38. The van der Waals surface area contributed by atoms with Crippen molar-refractivity contribution in [1.82, 2.24) is 19.6 Å². The molecule has 0 radical (unpaired) electrons. The standard InChI is InChI=1S/C21H28F2N4O5S/c22-11-33(30,31)26-18-15-2-1-3-16(15)27(20(28)29)17(18)10-32-14-4-5-21(7-12(21)6-14)19-24-8-13(23)9-25-19/h8-9,12,14-18,26H,1-7,10-11H2,(H,28,29). The molecule has 2 heterocycles. The van der Waals surface area contributed by atoms with Gasteiger partial charge in [0, 0.05) is 17.5 Å². The monoisotopic (exact) mass is 486 g/mol. The van der Waals surface area contributed by atoms with Gasteiger partial charge in [0.2, 0.25) is 16.0 Å². The van der Waals surface area contributed by atoms with Crippen LogP contribution in [-0.4, -0.2) is 71.3 Å². The molecule has 4 aliphatic rings. The molecule has 0 spiro atoms. The number of hydrogen-bond acceptors (Lipinski definition) is 6. The molecule has 1 aliphatic heterocycles. The minimum Gasteiger partial charge on any atom is -0.465 e. The third kappa shape index (κ3) is 4.10. The van der Waals surface area contributed by atoms with Gasteiger partial charge < -0.3 is 9.84 Å². The van der Waals surface area contributed by atoms with E-state index in [0.29, 0.717) is 24.6 Å². The van der Waals surface area contributed by atoms with Crippen molar-refractivity contribution in [3.05, 3.63) is 24.0 Å². The van der Waals surface area contributed by atoms with Crippen LogP contribution in [0.1, 0.15) is 50.8 Å². The van der Waals surface area contributed by atoms with E-state index in [0.717, 1.165) is 32.1 Å². The molecule has 2 N–H and O–H groups in total. The van der Waals surface area contributed by atoms with Gasteiger partial charge >= 0.3 is 6.09 Å². The van der Waals surface area contributed by atoms with Crippen molar-refractivity contribution < 1.29 is 31.8 Å². The number of hydrogen-bond donors (Lipinski definition) is 2. The fraction of sp³-hybridized carbons (Fsp3) is 0.762. The first-order chi connectivity index (χ1) is 15.7. The normalized spacial score (nSPS) is 37.6. The molecule has 33 heavy (non-hydrogen) atoms. The maximum atomic E-state index is 13.2. The quantitative estimate of drug-likeness (QED) is 0.606. The lowest BCUT2D eigenvalue weighted by molar-refractivity contribution is -0.00987. The number of nitrogens with one attached hydrogen (secondary N) is 1. The lowest BCUT2D eigenvalue weighted by Gasteiger charge is -2.32. The van der Waals surface area contributed by atoms with E-state index in [4.69, 9.17) is 4.74 Å². The summed E-state index contributed by atoms with van der Waals surface area (Å²) in [6, 6.07) is -3.24. The van der Waals surface area contributed by atoms with Crippen LogP contribution in [0.25, 0.3) is 0 Å². The molecule has 9 nitrogen and oxygen atoms in total. The summed E-state index contributed by atoms with van der Waals surface area (Å²) in [5.41, 5.74) is -0.135. The van der Waals surface area contributed by atoms with E-state index in [1.165, 1.54) is 17.3 Å². The van der Waals surface area contributed by atoms with Crippen molar-refractivity contribution in [3.8, 4) is 0 Å². The van der Waals surface area contributed by atoms with Crippen LogP contribution in [0.5, 0.6) is 0 Å². The predicted molar refractivity (Wildman–Crippen MR) is 112 cm³/mol. The molecule has 3 saturated carbocycles. The zero-order valence-electron chi connectivity index (χ0n) is 18.1. The highest BCUT2D eigenvalue weighted by molar-refractivity contribution is 7.89. The molecule has 1 saturated heterocycles. The summed E-state index contributed by atoms with van der Waals surface area (Å²) in [5, 5.41) is 9.85. The minimum absolute atomic E-state index is 0.0518. The van der Waals surface area contributed by atoms with E-state index in [1.807, 2.05) is 0 Å². The average molecular weight is 487 g/mol. The van der Waals surface area contributed by atoms with E-state index in [1.54, 1.807) is 0 Å². The van der Waals surface area contributed by atoms with E-state index in [9.17, 15) is 27.1 Å². The van der Waals surface area contributed by atoms with Crippen molar-refractivity contribution >= 4 is 16.1 Å². The first-order valence-electron chi connectivity index (χ1n) is 11.4. The summed E-state index contributed by atoms with van der Waals surface area (Å²) < 4.78 is 58.7. The van der Waals surface area contributed by atoms with Crippen LogP contribution >= 0.6 is 0 Å². The van der Waals surface area contributed by atoms with Gasteiger partial charge in [-0.05, 0) is 50.4 Å². The highest BCUT2D eigenvalue weighted by atomic mass is 32.2. The van der Waals surface area contributed by atoms with Gasteiger partial charge in [0.1, 0.15) is 5.82 Å². The Hall–Kier alpha value is -1.92. The Kier molecular flexibility index (Phi) is 5.81. The van der Waals surface area contributed by atoms with E-state index >= 15 is 0 Å². The summed E-state index contributed by atoms with van der Waals surface area (Å²) in [6.07, 6.45) is 6.51. The topological polar surface area (TPSA) is 122 Å². The number of sulfonamides is 1. The second-order valence-corrected chi connectivity index (χ2v) is 11.5. The SMILES string of the molecule is O=C(O)N1C2CCCC2C(NS(=O)(=O)CF)C1COC1CCC2(c3ncc(F)cn3)CC2C1. The Balaban J connectivity index is 1.26. The Morgan fingerprint density at radius 2 is 2.06 bits per heavy atom. The van der Waals surface area contributed by atoms with E-state index in [2.05, 4.69) is 14.7 Å². The molecule has 7 atom stereocenters. The largest absolute Gasteiger partial charge is 0.465 e. The maximum absolute atomic E-state index is 13.2. The number of nitrogens with zero attached hydrogens (tertiary/aromatic N) is 3. The molecule has 1 amide bonds. The highest BCUT2D eigenvalue weighted by Crippen LogP contribution is 2.61. The molecule has 1 aromatic heterocycles. The summed E-state index contributed by atoms with van der Waals surface area (Å²) >= 11 is 0. The van der Waals surface area contributed by atoms with Crippen molar-refractivity contribution in [1.29, 1.82) is 0 Å². The average Bonchev–Trinajstić information content (AvgIpc) is 3.19. The lowest BCUT2D eigenvalue weighted by atomic mass is 9.86. The Morgan fingerprint density at radius 3 is 2.73 bits per heavy atom. The van der Waals surface area contributed by atoms with E-state index in [-0.39, 0.29) is 30.1 Å². The Bertz CT molecular complexity index is 1010. The first kappa shape index (κ1) is 22.9. The lowest BCUT2D eigenvalue weighted by Crippen LogP contribution is -2.51. The van der Waals surface area contributed by atoms with Crippen molar-refractivity contribution in [3.63, 3.8) is 0 Å². The van der Waals surface area contributed by atoms with Crippen LogP contribution in [-0.2, 0) is 20.2 Å². The molecule has 3 aliphatic carbocycles. The molecule has 7 unspecified atom stereocenters. The van der Waals surface area contributed by atoms with Gasteiger partial charge in [0.25, 0.3) is 0 Å². The number of aromatic nitrogens is 2. The smallest absolute Gasteiger partial charge is 0.407 e. The Labute approximate surface area is 191 Å². The van der Waals surface area contributed by atoms with Crippen LogP contribution in [0.2, 0.25) is 0 Å². The molecule has 12 heteroatoms. The predicted octanol–water partition coefficient (Wildman–Crippen LogP) is 2.19. The van der Waals surface area contributed by atoms with Crippen LogP contribution in [0.3, 0.4) is 0 Å². The minimum atomic E-state index is -4.14. The number of amides is 1. The number of rotatable bonds is 7. The van der Waals surface area contributed by atoms with Crippen LogP contribution in [0.4, 0.5) is 13.6 Å². The van der Waals surface area contributed by atoms with Gasteiger partial charge in [-0.15, -0.1) is 0 Å². The Morgan fingerprint density at radius 1 is 1.30 bits per heavy atom. The maximum Gasteiger partial charge on any atom is 0.407 e.